The van der Waals surface area contributed by atoms with E-state index in [1.807, 2.05) is 0 Å². The molecule has 0 saturated heterocycles. The lowest BCUT2D eigenvalue weighted by Gasteiger charge is -2.24. The van der Waals surface area contributed by atoms with Crippen LogP contribution < -0.4 is 11.1 Å². The van der Waals surface area contributed by atoms with E-state index < -0.39 is 22.6 Å². The third kappa shape index (κ3) is 2.90. The zero-order chi connectivity index (χ0) is 20.0. The summed E-state index contributed by atoms with van der Waals surface area (Å²) < 4.78 is 23.3. The van der Waals surface area contributed by atoms with Gasteiger partial charge in [-0.2, -0.15) is 0 Å². The van der Waals surface area contributed by atoms with Crippen molar-refractivity contribution in [2.75, 3.05) is 11.1 Å². The van der Waals surface area contributed by atoms with Gasteiger partial charge in [0.25, 0.3) is 0 Å². The Kier molecular flexibility index (Phi) is 4.50. The average Bonchev–Trinajstić information content (AvgIpc) is 2.68. The Balaban J connectivity index is 1.98. The molecule has 140 valence electrons. The van der Waals surface area contributed by atoms with Crippen molar-refractivity contribution in [1.29, 1.82) is 0 Å². The maximum atomic E-state index is 13.1. The van der Waals surface area contributed by atoms with Crippen LogP contribution in [0.4, 0.5) is 17.1 Å². The van der Waals surface area contributed by atoms with Crippen molar-refractivity contribution < 1.29 is 18.4 Å². The SMILES string of the molecule is Nc1c(S(=O)[O-])cc(Nc2ccc(Cl)cc2)c2c1C(=O)c1ccccc1C2=O. The van der Waals surface area contributed by atoms with Gasteiger partial charge >= 0.3 is 0 Å². The number of carbonyl (C=O) groups is 2. The van der Waals surface area contributed by atoms with Crippen molar-refractivity contribution in [2.45, 2.75) is 4.90 Å². The first-order valence-corrected chi connectivity index (χ1v) is 9.60. The third-order valence-electron chi connectivity index (χ3n) is 4.50. The van der Waals surface area contributed by atoms with Gasteiger partial charge in [-0.1, -0.05) is 35.9 Å². The summed E-state index contributed by atoms with van der Waals surface area (Å²) in [6.07, 6.45) is 0. The molecule has 0 radical (unpaired) electrons. The Bertz CT molecular complexity index is 1180. The molecule has 3 aromatic carbocycles. The quantitative estimate of drug-likeness (QED) is 0.393. The van der Waals surface area contributed by atoms with Crippen LogP contribution in [0.15, 0.2) is 59.5 Å². The maximum absolute atomic E-state index is 13.1. The van der Waals surface area contributed by atoms with Crippen molar-refractivity contribution in [1.82, 2.24) is 0 Å². The van der Waals surface area contributed by atoms with Crippen molar-refractivity contribution in [3.05, 3.63) is 81.9 Å². The van der Waals surface area contributed by atoms with E-state index in [0.717, 1.165) is 0 Å². The Morgan fingerprint density at radius 3 is 2.07 bits per heavy atom. The number of carbonyl (C=O) groups excluding carboxylic acids is 2. The molecular weight excluding hydrogens is 400 g/mol. The van der Waals surface area contributed by atoms with Crippen molar-refractivity contribution in [2.24, 2.45) is 0 Å². The Labute approximate surface area is 167 Å². The summed E-state index contributed by atoms with van der Waals surface area (Å²) in [4.78, 5) is 25.9. The van der Waals surface area contributed by atoms with Crippen LogP contribution in [-0.2, 0) is 11.1 Å². The Hall–Kier alpha value is -3.00. The number of hydrogen-bond acceptors (Lipinski definition) is 6. The summed E-state index contributed by atoms with van der Waals surface area (Å²) in [5.41, 5.74) is 6.87. The molecule has 0 spiro atoms. The molecule has 0 amide bonds. The molecule has 8 heteroatoms. The van der Waals surface area contributed by atoms with Gasteiger partial charge < -0.3 is 15.6 Å². The normalized spacial score (nSPS) is 13.6. The van der Waals surface area contributed by atoms with E-state index in [4.69, 9.17) is 17.3 Å². The lowest BCUT2D eigenvalue weighted by atomic mass is 9.82. The number of nitrogens with two attached hydrogens (primary N) is 1. The van der Waals surface area contributed by atoms with Crippen molar-refractivity contribution in [3.63, 3.8) is 0 Å². The molecule has 1 aliphatic rings. The van der Waals surface area contributed by atoms with E-state index in [-0.39, 0.29) is 38.5 Å². The first kappa shape index (κ1) is 18.4. The molecule has 0 bridgehead atoms. The minimum absolute atomic E-state index is 0.0466. The second kappa shape index (κ2) is 6.87. The van der Waals surface area contributed by atoms with Gasteiger partial charge in [-0.25, -0.2) is 0 Å². The minimum atomic E-state index is -2.69. The van der Waals surface area contributed by atoms with E-state index in [1.165, 1.54) is 12.1 Å². The summed E-state index contributed by atoms with van der Waals surface area (Å²) in [5, 5.41) is 3.52. The van der Waals surface area contributed by atoms with E-state index >= 15 is 0 Å². The van der Waals surface area contributed by atoms with E-state index in [9.17, 15) is 18.4 Å². The van der Waals surface area contributed by atoms with Crippen LogP contribution in [0.3, 0.4) is 0 Å². The zero-order valence-corrected chi connectivity index (χ0v) is 15.8. The fourth-order valence-corrected chi connectivity index (χ4v) is 3.84. The van der Waals surface area contributed by atoms with Crippen LogP contribution >= 0.6 is 11.6 Å². The van der Waals surface area contributed by atoms with Gasteiger partial charge in [0.15, 0.2) is 11.6 Å². The molecule has 0 saturated carbocycles. The molecule has 1 atom stereocenters. The number of ketones is 2. The van der Waals surface area contributed by atoms with Crippen molar-refractivity contribution >= 4 is 51.3 Å². The smallest absolute Gasteiger partial charge is 0.196 e. The predicted molar refractivity (Wildman–Crippen MR) is 106 cm³/mol. The number of fused-ring (bicyclic) bond motifs is 2. The Morgan fingerprint density at radius 1 is 0.929 bits per heavy atom. The lowest BCUT2D eigenvalue weighted by molar-refractivity contribution is 0.0980. The van der Waals surface area contributed by atoms with Crippen molar-refractivity contribution in [3.8, 4) is 0 Å². The van der Waals surface area contributed by atoms with Crippen LogP contribution in [-0.4, -0.2) is 20.3 Å². The highest BCUT2D eigenvalue weighted by molar-refractivity contribution is 7.79. The van der Waals surface area contributed by atoms with Gasteiger partial charge in [-0.15, -0.1) is 0 Å². The monoisotopic (exact) mass is 411 g/mol. The largest absolute Gasteiger partial charge is 0.768 e. The summed E-state index contributed by atoms with van der Waals surface area (Å²) in [7, 11) is 0. The number of benzene rings is 3. The highest BCUT2D eigenvalue weighted by atomic mass is 35.5. The summed E-state index contributed by atoms with van der Waals surface area (Å²) in [6, 6.07) is 14.2. The number of hydrogen-bond donors (Lipinski definition) is 2. The summed E-state index contributed by atoms with van der Waals surface area (Å²) in [5.74, 6) is -0.897. The number of nitrogens with one attached hydrogen (secondary N) is 1. The molecule has 0 fully saturated rings. The van der Waals surface area contributed by atoms with Gasteiger partial charge in [0.1, 0.15) is 0 Å². The molecule has 3 N–H and O–H groups in total. The highest BCUT2D eigenvalue weighted by Gasteiger charge is 2.34. The summed E-state index contributed by atoms with van der Waals surface area (Å²) in [6.45, 7) is 0. The highest BCUT2D eigenvalue weighted by Crippen LogP contribution is 2.39. The van der Waals surface area contributed by atoms with Crippen LogP contribution in [0.2, 0.25) is 5.02 Å². The van der Waals surface area contributed by atoms with Crippen LogP contribution in [0, 0.1) is 0 Å². The third-order valence-corrected chi connectivity index (χ3v) is 5.45. The van der Waals surface area contributed by atoms with Gasteiger partial charge in [-0.3, -0.25) is 13.8 Å². The van der Waals surface area contributed by atoms with Crippen LogP contribution in [0.1, 0.15) is 31.8 Å². The molecule has 0 heterocycles. The van der Waals surface area contributed by atoms with E-state index in [1.54, 1.807) is 42.5 Å². The molecule has 28 heavy (non-hydrogen) atoms. The van der Waals surface area contributed by atoms with Crippen LogP contribution in [0.25, 0.3) is 0 Å². The fourth-order valence-electron chi connectivity index (χ4n) is 3.22. The predicted octanol–water partition coefficient (Wildman–Crippen LogP) is 3.68. The topological polar surface area (TPSA) is 112 Å². The second-order valence-corrected chi connectivity index (χ2v) is 7.50. The maximum Gasteiger partial charge on any atom is 0.196 e. The van der Waals surface area contributed by atoms with Gasteiger partial charge in [-0.05, 0) is 41.4 Å². The average molecular weight is 412 g/mol. The molecule has 4 rings (SSSR count). The van der Waals surface area contributed by atoms with Gasteiger partial charge in [0.2, 0.25) is 0 Å². The number of halogens is 1. The first-order chi connectivity index (χ1) is 13.4. The second-order valence-electron chi connectivity index (χ2n) is 6.16. The molecule has 0 aromatic heterocycles. The lowest BCUT2D eigenvalue weighted by Crippen LogP contribution is -2.24. The molecule has 6 nitrogen and oxygen atoms in total. The molecule has 1 aliphatic carbocycles. The first-order valence-electron chi connectivity index (χ1n) is 8.15. The van der Waals surface area contributed by atoms with Gasteiger partial charge in [0.05, 0.1) is 27.4 Å². The van der Waals surface area contributed by atoms with E-state index in [2.05, 4.69) is 5.32 Å². The fraction of sp³-hybridized carbons (Fsp3) is 0. The number of rotatable bonds is 3. The van der Waals surface area contributed by atoms with E-state index in [0.29, 0.717) is 10.7 Å². The minimum Gasteiger partial charge on any atom is -0.768 e. The molecule has 3 aromatic rings. The standard InChI is InChI=1S/C20H13ClN2O4S/c21-10-5-7-11(8-6-10)23-14-9-15(28(26)27)18(22)17-16(14)19(24)12-3-1-2-4-13(12)20(17)25/h1-9,23H,22H2,(H,26,27)/p-1. The summed E-state index contributed by atoms with van der Waals surface area (Å²) >= 11 is 3.20. The van der Waals surface area contributed by atoms with Gasteiger partial charge in [0, 0.05) is 21.8 Å². The number of anilines is 3. The Morgan fingerprint density at radius 2 is 1.50 bits per heavy atom. The molecular formula is C20H12ClN2O4S-. The molecule has 1 unspecified atom stereocenters. The zero-order valence-electron chi connectivity index (χ0n) is 14.2. The molecule has 0 aliphatic heterocycles. The number of nitrogen functional groups attached to an aromatic ring is 1. The van der Waals surface area contributed by atoms with Crippen LogP contribution in [0.5, 0.6) is 0 Å².